The molecule has 1 aromatic heterocycles. The summed E-state index contributed by atoms with van der Waals surface area (Å²) >= 11 is 0. The van der Waals surface area contributed by atoms with Crippen molar-refractivity contribution < 1.29 is 32.3 Å². The average Bonchev–Trinajstić information content (AvgIpc) is 3.18. The van der Waals surface area contributed by atoms with Crippen LogP contribution in [0.1, 0.15) is 28.2 Å². The Morgan fingerprint density at radius 2 is 2.04 bits per heavy atom. The fourth-order valence-electron chi connectivity index (χ4n) is 2.92. The summed E-state index contributed by atoms with van der Waals surface area (Å²) in [6.07, 6.45) is -4.86. The number of likely N-dealkylation sites (tertiary alicyclic amines) is 1. The van der Waals surface area contributed by atoms with Gasteiger partial charge >= 0.3 is 12.1 Å². The number of carbonyl (C=O) groups is 2. The molecule has 144 valence electrons. The summed E-state index contributed by atoms with van der Waals surface area (Å²) in [5.74, 6) is -2.25. The van der Waals surface area contributed by atoms with Crippen molar-refractivity contribution in [2.75, 3.05) is 13.1 Å². The second kappa shape index (κ2) is 6.36. The largest absolute Gasteiger partial charge is 0.479 e. The van der Waals surface area contributed by atoms with Crippen molar-refractivity contribution in [2.24, 2.45) is 0 Å². The standard InChI is InChI=1S/C17H15F4N3O3/c1-9-12(14(25)24-6-5-16(18,8-24)15(26)27)23-13(22-9)10-3-2-4-11(7-10)17(19,20)21/h2-4,7H,5-6,8H2,1H3,(H,22,23)(H,26,27). The summed E-state index contributed by atoms with van der Waals surface area (Å²) in [4.78, 5) is 31.4. The number of amides is 1. The maximum atomic E-state index is 14.2. The second-order valence-electron chi connectivity index (χ2n) is 6.38. The number of halogens is 4. The van der Waals surface area contributed by atoms with Crippen molar-refractivity contribution in [2.45, 2.75) is 25.2 Å². The summed E-state index contributed by atoms with van der Waals surface area (Å²) in [6.45, 7) is 0.812. The zero-order valence-corrected chi connectivity index (χ0v) is 14.1. The van der Waals surface area contributed by atoms with Gasteiger partial charge in [0, 0.05) is 24.2 Å². The number of carboxylic acid groups (broad SMARTS) is 1. The number of aliphatic carboxylic acids is 1. The zero-order chi connectivity index (χ0) is 20.0. The van der Waals surface area contributed by atoms with Gasteiger partial charge < -0.3 is 15.0 Å². The number of carboxylic acids is 1. The molecule has 3 rings (SSSR count). The van der Waals surface area contributed by atoms with Crippen molar-refractivity contribution in [3.63, 3.8) is 0 Å². The Labute approximate surface area is 150 Å². The molecule has 1 aliphatic heterocycles. The van der Waals surface area contributed by atoms with Gasteiger partial charge in [0.2, 0.25) is 5.67 Å². The van der Waals surface area contributed by atoms with E-state index < -0.39 is 35.8 Å². The van der Waals surface area contributed by atoms with E-state index in [9.17, 15) is 27.2 Å². The predicted octanol–water partition coefficient (Wildman–Crippen LogP) is 3.04. The van der Waals surface area contributed by atoms with Crippen molar-refractivity contribution in [1.29, 1.82) is 0 Å². The molecule has 1 aliphatic rings. The SMILES string of the molecule is Cc1[nH]c(-c2cccc(C(F)(F)F)c2)nc1C(=O)N1CCC(F)(C(=O)O)C1. The summed E-state index contributed by atoms with van der Waals surface area (Å²) in [7, 11) is 0. The van der Waals surface area contributed by atoms with E-state index >= 15 is 0 Å². The molecule has 0 bridgehead atoms. The number of imidazole rings is 1. The van der Waals surface area contributed by atoms with Gasteiger partial charge in [-0.2, -0.15) is 13.2 Å². The van der Waals surface area contributed by atoms with Crippen molar-refractivity contribution in [3.05, 3.63) is 41.2 Å². The minimum absolute atomic E-state index is 0.0610. The zero-order valence-electron chi connectivity index (χ0n) is 14.1. The van der Waals surface area contributed by atoms with E-state index in [1.807, 2.05) is 0 Å². The minimum atomic E-state index is -4.52. The first-order valence-electron chi connectivity index (χ1n) is 7.97. The van der Waals surface area contributed by atoms with Crippen molar-refractivity contribution in [3.8, 4) is 11.4 Å². The van der Waals surface area contributed by atoms with Crippen LogP contribution in [-0.4, -0.2) is 50.6 Å². The number of aromatic nitrogens is 2. The highest BCUT2D eigenvalue weighted by molar-refractivity contribution is 5.95. The number of nitrogens with zero attached hydrogens (tertiary/aromatic N) is 2. The number of alkyl halides is 4. The van der Waals surface area contributed by atoms with Crippen LogP contribution in [0.25, 0.3) is 11.4 Å². The van der Waals surface area contributed by atoms with Crippen LogP contribution in [0, 0.1) is 6.92 Å². The number of benzene rings is 1. The monoisotopic (exact) mass is 385 g/mol. The molecule has 1 atom stereocenters. The highest BCUT2D eigenvalue weighted by Gasteiger charge is 2.47. The predicted molar refractivity (Wildman–Crippen MR) is 85.8 cm³/mol. The van der Waals surface area contributed by atoms with Crippen LogP contribution in [0.15, 0.2) is 24.3 Å². The Kier molecular flexibility index (Phi) is 4.44. The number of hydrogen-bond donors (Lipinski definition) is 2. The number of aryl methyl sites for hydroxylation is 1. The average molecular weight is 385 g/mol. The molecule has 1 aromatic carbocycles. The van der Waals surface area contributed by atoms with E-state index in [1.165, 1.54) is 19.1 Å². The molecule has 1 saturated heterocycles. The van der Waals surface area contributed by atoms with E-state index in [1.54, 1.807) is 0 Å². The van der Waals surface area contributed by atoms with Gasteiger partial charge in [0.25, 0.3) is 5.91 Å². The molecular formula is C17H15F4N3O3. The number of rotatable bonds is 3. The third kappa shape index (κ3) is 3.51. The molecule has 2 aromatic rings. The van der Waals surface area contributed by atoms with Crippen LogP contribution in [0.2, 0.25) is 0 Å². The van der Waals surface area contributed by atoms with Gasteiger partial charge in [-0.05, 0) is 19.1 Å². The van der Waals surface area contributed by atoms with Crippen LogP contribution in [0.3, 0.4) is 0 Å². The van der Waals surface area contributed by atoms with Crippen LogP contribution >= 0.6 is 0 Å². The van der Waals surface area contributed by atoms with E-state index in [-0.39, 0.29) is 30.0 Å². The van der Waals surface area contributed by atoms with Crippen LogP contribution in [-0.2, 0) is 11.0 Å². The van der Waals surface area contributed by atoms with Crippen LogP contribution < -0.4 is 0 Å². The quantitative estimate of drug-likeness (QED) is 0.796. The summed E-state index contributed by atoms with van der Waals surface area (Å²) in [5, 5.41) is 8.92. The lowest BCUT2D eigenvalue weighted by Gasteiger charge is -2.16. The molecule has 0 saturated carbocycles. The Balaban J connectivity index is 1.87. The van der Waals surface area contributed by atoms with E-state index in [0.29, 0.717) is 5.69 Å². The number of aromatic amines is 1. The van der Waals surface area contributed by atoms with E-state index in [4.69, 9.17) is 5.11 Å². The Hall–Kier alpha value is -2.91. The lowest BCUT2D eigenvalue weighted by Crippen LogP contribution is -2.39. The summed E-state index contributed by atoms with van der Waals surface area (Å²) in [5.41, 5.74) is -3.02. The van der Waals surface area contributed by atoms with Gasteiger partial charge in [-0.1, -0.05) is 12.1 Å². The second-order valence-corrected chi connectivity index (χ2v) is 6.38. The molecule has 0 spiro atoms. The number of hydrogen-bond acceptors (Lipinski definition) is 3. The summed E-state index contributed by atoms with van der Waals surface area (Å²) in [6, 6.07) is 4.46. The molecule has 1 fully saturated rings. The number of carbonyl (C=O) groups excluding carboxylic acids is 1. The van der Waals surface area contributed by atoms with Gasteiger partial charge in [-0.25, -0.2) is 14.2 Å². The Bertz CT molecular complexity index is 909. The molecule has 2 N–H and O–H groups in total. The molecule has 27 heavy (non-hydrogen) atoms. The first-order valence-corrected chi connectivity index (χ1v) is 7.97. The first kappa shape index (κ1) is 18.9. The number of nitrogens with one attached hydrogen (secondary N) is 1. The highest BCUT2D eigenvalue weighted by Crippen LogP contribution is 2.32. The molecule has 10 heteroatoms. The fourth-order valence-corrected chi connectivity index (χ4v) is 2.92. The third-order valence-corrected chi connectivity index (χ3v) is 4.44. The molecule has 1 unspecified atom stereocenters. The van der Waals surface area contributed by atoms with Gasteiger partial charge in [-0.15, -0.1) is 0 Å². The summed E-state index contributed by atoms with van der Waals surface area (Å²) < 4.78 is 52.8. The third-order valence-electron chi connectivity index (χ3n) is 4.44. The molecule has 2 heterocycles. The maximum Gasteiger partial charge on any atom is 0.416 e. The molecular weight excluding hydrogens is 370 g/mol. The minimum Gasteiger partial charge on any atom is -0.479 e. The van der Waals surface area contributed by atoms with Crippen molar-refractivity contribution in [1.82, 2.24) is 14.9 Å². The molecule has 6 nitrogen and oxygen atoms in total. The van der Waals surface area contributed by atoms with Crippen LogP contribution in [0.5, 0.6) is 0 Å². The first-order chi connectivity index (χ1) is 12.5. The normalized spacial score (nSPS) is 20.1. The smallest absolute Gasteiger partial charge is 0.416 e. The Morgan fingerprint density at radius 3 is 2.63 bits per heavy atom. The topological polar surface area (TPSA) is 86.3 Å². The molecule has 1 amide bonds. The van der Waals surface area contributed by atoms with Gasteiger partial charge in [0.05, 0.1) is 12.1 Å². The van der Waals surface area contributed by atoms with Gasteiger partial charge in [-0.3, -0.25) is 4.79 Å². The van der Waals surface area contributed by atoms with E-state index in [2.05, 4.69) is 9.97 Å². The molecule has 0 aliphatic carbocycles. The molecule has 0 radical (unpaired) electrons. The number of H-pyrrole nitrogens is 1. The van der Waals surface area contributed by atoms with Crippen molar-refractivity contribution >= 4 is 11.9 Å². The Morgan fingerprint density at radius 1 is 1.33 bits per heavy atom. The van der Waals surface area contributed by atoms with E-state index in [0.717, 1.165) is 17.0 Å². The fraction of sp³-hybridized carbons (Fsp3) is 0.353. The lowest BCUT2D eigenvalue weighted by molar-refractivity contribution is -0.149. The maximum absolute atomic E-state index is 14.2. The lowest BCUT2D eigenvalue weighted by atomic mass is 10.1. The van der Waals surface area contributed by atoms with Crippen LogP contribution in [0.4, 0.5) is 17.6 Å². The van der Waals surface area contributed by atoms with Gasteiger partial charge in [0.1, 0.15) is 11.5 Å². The highest BCUT2D eigenvalue weighted by atomic mass is 19.4. The van der Waals surface area contributed by atoms with Gasteiger partial charge in [0.15, 0.2) is 0 Å².